The molecule has 0 aliphatic heterocycles. The smallest absolute Gasteiger partial charge is 0.328 e. The van der Waals surface area contributed by atoms with Crippen molar-refractivity contribution in [1.82, 2.24) is 0 Å². The number of methoxy groups -OCH3 is 1. The second-order valence-electron chi connectivity index (χ2n) is 3.15. The lowest BCUT2D eigenvalue weighted by atomic mass is 10.1. The number of carboxylic acid groups (broad SMARTS) is 1. The molecule has 90 valence electrons. The van der Waals surface area contributed by atoms with Gasteiger partial charge >= 0.3 is 5.97 Å². The SMILES string of the molecule is C=CCOc1c(/C=C/C(=O)O)cccc1OC. The van der Waals surface area contributed by atoms with Gasteiger partial charge in [0.1, 0.15) is 6.61 Å². The van der Waals surface area contributed by atoms with E-state index in [0.29, 0.717) is 23.7 Å². The molecule has 1 aromatic carbocycles. The number of carboxylic acids is 1. The van der Waals surface area contributed by atoms with Crippen LogP contribution in [0, 0.1) is 0 Å². The predicted molar refractivity (Wildman–Crippen MR) is 65.4 cm³/mol. The molecule has 0 amide bonds. The van der Waals surface area contributed by atoms with E-state index in [2.05, 4.69) is 6.58 Å². The van der Waals surface area contributed by atoms with Gasteiger partial charge in [-0.15, -0.1) is 0 Å². The summed E-state index contributed by atoms with van der Waals surface area (Å²) in [5, 5.41) is 8.59. The molecule has 0 fully saturated rings. The lowest BCUT2D eigenvalue weighted by Gasteiger charge is -2.11. The molecule has 4 nitrogen and oxygen atoms in total. The molecular weight excluding hydrogens is 220 g/mol. The number of hydrogen-bond acceptors (Lipinski definition) is 3. The maximum Gasteiger partial charge on any atom is 0.328 e. The Morgan fingerprint density at radius 1 is 1.53 bits per heavy atom. The summed E-state index contributed by atoms with van der Waals surface area (Å²) in [6.45, 7) is 3.88. The number of benzene rings is 1. The van der Waals surface area contributed by atoms with E-state index in [1.165, 1.54) is 13.2 Å². The van der Waals surface area contributed by atoms with Gasteiger partial charge < -0.3 is 14.6 Å². The minimum absolute atomic E-state index is 0.328. The van der Waals surface area contributed by atoms with Gasteiger partial charge in [0.15, 0.2) is 11.5 Å². The molecule has 17 heavy (non-hydrogen) atoms. The van der Waals surface area contributed by atoms with E-state index in [1.807, 2.05) is 0 Å². The second kappa shape index (κ2) is 6.37. The number of rotatable bonds is 6. The fourth-order valence-corrected chi connectivity index (χ4v) is 1.28. The van der Waals surface area contributed by atoms with Crippen molar-refractivity contribution >= 4 is 12.0 Å². The Morgan fingerprint density at radius 3 is 2.88 bits per heavy atom. The fraction of sp³-hybridized carbons (Fsp3) is 0.154. The average molecular weight is 234 g/mol. The topological polar surface area (TPSA) is 55.8 Å². The summed E-state index contributed by atoms with van der Waals surface area (Å²) in [5.41, 5.74) is 0.647. The summed E-state index contributed by atoms with van der Waals surface area (Å²) in [7, 11) is 1.53. The molecule has 0 aliphatic rings. The van der Waals surface area contributed by atoms with E-state index < -0.39 is 5.97 Å². The number of aliphatic carboxylic acids is 1. The summed E-state index contributed by atoms with van der Waals surface area (Å²) in [4.78, 5) is 10.5. The first kappa shape index (κ1) is 12.8. The molecule has 1 aromatic rings. The summed E-state index contributed by atoms with van der Waals surface area (Å²) in [5.74, 6) is 0.0503. The van der Waals surface area contributed by atoms with Crippen molar-refractivity contribution in [3.8, 4) is 11.5 Å². The predicted octanol–water partition coefficient (Wildman–Crippen LogP) is 2.36. The average Bonchev–Trinajstić information content (AvgIpc) is 2.33. The first-order chi connectivity index (χ1) is 8.19. The van der Waals surface area contributed by atoms with Gasteiger partial charge in [-0.05, 0) is 12.1 Å². The maximum atomic E-state index is 10.5. The third-order valence-corrected chi connectivity index (χ3v) is 1.98. The number of para-hydroxylation sites is 1. The number of carbonyl (C=O) groups is 1. The lowest BCUT2D eigenvalue weighted by Crippen LogP contribution is -1.98. The van der Waals surface area contributed by atoms with Crippen LogP contribution in [0.25, 0.3) is 6.08 Å². The molecule has 0 saturated carbocycles. The Balaban J connectivity index is 3.09. The van der Waals surface area contributed by atoms with Crippen LogP contribution in [0.3, 0.4) is 0 Å². The maximum absolute atomic E-state index is 10.5. The van der Waals surface area contributed by atoms with Gasteiger partial charge in [-0.2, -0.15) is 0 Å². The highest BCUT2D eigenvalue weighted by atomic mass is 16.5. The van der Waals surface area contributed by atoms with Gasteiger partial charge in [0.05, 0.1) is 7.11 Å². The number of hydrogen-bond donors (Lipinski definition) is 1. The van der Waals surface area contributed by atoms with E-state index in [0.717, 1.165) is 6.08 Å². The van der Waals surface area contributed by atoms with E-state index in [4.69, 9.17) is 14.6 Å². The van der Waals surface area contributed by atoms with Gasteiger partial charge in [-0.25, -0.2) is 4.79 Å². The quantitative estimate of drug-likeness (QED) is 0.606. The Labute approximate surface area is 99.8 Å². The van der Waals surface area contributed by atoms with Crippen molar-refractivity contribution in [2.75, 3.05) is 13.7 Å². The molecule has 0 aliphatic carbocycles. The summed E-state index contributed by atoms with van der Waals surface area (Å²) >= 11 is 0. The van der Waals surface area contributed by atoms with Crippen LogP contribution in [0.4, 0.5) is 0 Å². The second-order valence-corrected chi connectivity index (χ2v) is 3.15. The van der Waals surface area contributed by atoms with E-state index >= 15 is 0 Å². The van der Waals surface area contributed by atoms with Crippen LogP contribution in [0.1, 0.15) is 5.56 Å². The van der Waals surface area contributed by atoms with Crippen molar-refractivity contribution in [3.63, 3.8) is 0 Å². The Hall–Kier alpha value is -2.23. The third-order valence-electron chi connectivity index (χ3n) is 1.98. The molecule has 0 unspecified atom stereocenters. The molecule has 0 saturated heterocycles. The van der Waals surface area contributed by atoms with Crippen LogP contribution in [-0.4, -0.2) is 24.8 Å². The molecule has 0 heterocycles. The first-order valence-corrected chi connectivity index (χ1v) is 5.00. The highest BCUT2D eigenvalue weighted by Crippen LogP contribution is 2.31. The highest BCUT2D eigenvalue weighted by Gasteiger charge is 2.08. The molecule has 4 heteroatoms. The monoisotopic (exact) mass is 234 g/mol. The zero-order chi connectivity index (χ0) is 12.7. The summed E-state index contributed by atoms with van der Waals surface area (Å²) in [6.07, 6.45) is 4.12. The number of ether oxygens (including phenoxy) is 2. The fourth-order valence-electron chi connectivity index (χ4n) is 1.28. The minimum atomic E-state index is -1.01. The van der Waals surface area contributed by atoms with Crippen LogP contribution < -0.4 is 9.47 Å². The van der Waals surface area contributed by atoms with Crippen molar-refractivity contribution in [3.05, 3.63) is 42.5 Å². The van der Waals surface area contributed by atoms with Gasteiger partial charge in [-0.3, -0.25) is 0 Å². The van der Waals surface area contributed by atoms with Crippen molar-refractivity contribution in [2.24, 2.45) is 0 Å². The highest BCUT2D eigenvalue weighted by molar-refractivity contribution is 5.86. The standard InChI is InChI=1S/C13H14O4/c1-3-9-17-13-10(7-8-12(14)15)5-4-6-11(13)16-2/h3-8H,1,9H2,2H3,(H,14,15)/b8-7+. The molecule has 1 rings (SSSR count). The zero-order valence-electron chi connectivity index (χ0n) is 9.55. The largest absolute Gasteiger partial charge is 0.493 e. The lowest BCUT2D eigenvalue weighted by molar-refractivity contribution is -0.131. The Bertz CT molecular complexity index is 435. The van der Waals surface area contributed by atoms with E-state index in [9.17, 15) is 4.79 Å². The Kier molecular flexibility index (Phi) is 4.81. The molecular formula is C13H14O4. The van der Waals surface area contributed by atoms with E-state index in [1.54, 1.807) is 24.3 Å². The van der Waals surface area contributed by atoms with Crippen LogP contribution in [0.5, 0.6) is 11.5 Å². The van der Waals surface area contributed by atoms with Gasteiger partial charge in [0.2, 0.25) is 0 Å². The van der Waals surface area contributed by atoms with Crippen molar-refractivity contribution in [2.45, 2.75) is 0 Å². The molecule has 0 aromatic heterocycles. The van der Waals surface area contributed by atoms with Crippen LogP contribution in [0.2, 0.25) is 0 Å². The van der Waals surface area contributed by atoms with Gasteiger partial charge in [0.25, 0.3) is 0 Å². The van der Waals surface area contributed by atoms with E-state index in [-0.39, 0.29) is 0 Å². The molecule has 0 atom stereocenters. The normalized spacial score (nSPS) is 10.2. The van der Waals surface area contributed by atoms with Crippen LogP contribution in [0.15, 0.2) is 36.9 Å². The Morgan fingerprint density at radius 2 is 2.29 bits per heavy atom. The molecule has 0 bridgehead atoms. The third kappa shape index (κ3) is 3.68. The minimum Gasteiger partial charge on any atom is -0.493 e. The van der Waals surface area contributed by atoms with Gasteiger partial charge in [0, 0.05) is 11.6 Å². The molecule has 0 radical (unpaired) electrons. The van der Waals surface area contributed by atoms with Crippen molar-refractivity contribution < 1.29 is 19.4 Å². The summed E-state index contributed by atoms with van der Waals surface area (Å²) in [6, 6.07) is 5.26. The first-order valence-electron chi connectivity index (χ1n) is 5.00. The molecule has 1 N–H and O–H groups in total. The van der Waals surface area contributed by atoms with Gasteiger partial charge in [-0.1, -0.05) is 24.8 Å². The molecule has 0 spiro atoms. The van der Waals surface area contributed by atoms with Crippen molar-refractivity contribution in [1.29, 1.82) is 0 Å². The zero-order valence-corrected chi connectivity index (χ0v) is 9.55. The van der Waals surface area contributed by atoms with Crippen LogP contribution in [-0.2, 0) is 4.79 Å². The van der Waals surface area contributed by atoms with Crippen LogP contribution >= 0.6 is 0 Å². The summed E-state index contributed by atoms with van der Waals surface area (Å²) < 4.78 is 10.6.